The van der Waals surface area contributed by atoms with E-state index in [0.717, 1.165) is 38.5 Å². The molecule has 2 fully saturated rings. The van der Waals surface area contributed by atoms with Gasteiger partial charge >= 0.3 is 6.18 Å². The molecule has 2 atom stereocenters. The van der Waals surface area contributed by atoms with E-state index in [9.17, 15) is 13.2 Å². The molecule has 11 heteroatoms. The number of anilines is 2. The minimum absolute atomic E-state index is 0.0199. The SMILES string of the molecule is CC(CN1CCOCC1)Nc1nc(NC(C)C2CC2)nc(-c2cccc(C(F)(F)F)n2)n1. The first-order valence-corrected chi connectivity index (χ1v) is 10.9. The Morgan fingerprint density at radius 1 is 1.03 bits per heavy atom. The zero-order chi connectivity index (χ0) is 22.7. The lowest BCUT2D eigenvalue weighted by Gasteiger charge is -2.29. The smallest absolute Gasteiger partial charge is 0.379 e. The van der Waals surface area contributed by atoms with E-state index < -0.39 is 11.9 Å². The molecule has 1 aliphatic carbocycles. The number of hydrogen-bond acceptors (Lipinski definition) is 8. The summed E-state index contributed by atoms with van der Waals surface area (Å²) in [6.07, 6.45) is -2.26. The third-order valence-corrected chi connectivity index (χ3v) is 5.60. The Balaban J connectivity index is 1.57. The molecule has 32 heavy (non-hydrogen) atoms. The van der Waals surface area contributed by atoms with Gasteiger partial charge in [-0.2, -0.15) is 28.1 Å². The number of pyridine rings is 1. The van der Waals surface area contributed by atoms with Gasteiger partial charge in [0.15, 0.2) is 5.82 Å². The van der Waals surface area contributed by atoms with Crippen LogP contribution in [0, 0.1) is 5.92 Å². The van der Waals surface area contributed by atoms with Gasteiger partial charge in [-0.05, 0) is 44.7 Å². The van der Waals surface area contributed by atoms with Crippen molar-refractivity contribution in [2.75, 3.05) is 43.5 Å². The van der Waals surface area contributed by atoms with Crippen molar-refractivity contribution in [2.45, 2.75) is 44.9 Å². The van der Waals surface area contributed by atoms with E-state index in [1.807, 2.05) is 6.92 Å². The molecular weight excluding hydrogens is 423 g/mol. The lowest BCUT2D eigenvalue weighted by molar-refractivity contribution is -0.141. The number of rotatable bonds is 8. The summed E-state index contributed by atoms with van der Waals surface area (Å²) in [5, 5.41) is 6.54. The fourth-order valence-electron chi connectivity index (χ4n) is 3.69. The van der Waals surface area contributed by atoms with Crippen LogP contribution < -0.4 is 10.6 Å². The molecule has 0 spiro atoms. The minimum Gasteiger partial charge on any atom is -0.379 e. The first kappa shape index (κ1) is 22.7. The Bertz CT molecular complexity index is 917. The standard InChI is InChI=1S/C21H28F3N7O/c1-13(12-31-8-10-32-11-9-31)25-19-28-18(16-4-3-5-17(27-16)21(22,23)24)29-20(30-19)26-14(2)15-6-7-15/h3-5,13-15H,6-12H2,1-2H3,(H2,25,26,28,29,30). The number of ether oxygens (including phenoxy) is 1. The molecule has 1 aliphatic heterocycles. The van der Waals surface area contributed by atoms with E-state index in [-0.39, 0.29) is 23.6 Å². The summed E-state index contributed by atoms with van der Waals surface area (Å²) in [7, 11) is 0. The predicted octanol–water partition coefficient (Wildman–Crippen LogP) is 3.30. The maximum Gasteiger partial charge on any atom is 0.433 e. The first-order chi connectivity index (χ1) is 15.3. The summed E-state index contributed by atoms with van der Waals surface area (Å²) in [5.74, 6) is 1.28. The number of nitrogens with zero attached hydrogens (tertiary/aromatic N) is 5. The molecule has 1 saturated carbocycles. The Hall–Kier alpha value is -2.53. The Morgan fingerprint density at radius 2 is 1.72 bits per heavy atom. The average molecular weight is 451 g/mol. The van der Waals surface area contributed by atoms with Crippen molar-refractivity contribution >= 4 is 11.9 Å². The molecule has 2 aliphatic rings. The summed E-state index contributed by atoms with van der Waals surface area (Å²) >= 11 is 0. The number of nitrogens with one attached hydrogen (secondary N) is 2. The van der Waals surface area contributed by atoms with E-state index in [0.29, 0.717) is 31.0 Å². The van der Waals surface area contributed by atoms with Gasteiger partial charge in [0.1, 0.15) is 11.4 Å². The van der Waals surface area contributed by atoms with Crippen LogP contribution >= 0.6 is 0 Å². The Labute approximate surface area is 185 Å². The molecule has 0 amide bonds. The molecule has 3 heterocycles. The quantitative estimate of drug-likeness (QED) is 0.632. The number of hydrogen-bond donors (Lipinski definition) is 2. The molecule has 0 radical (unpaired) electrons. The van der Waals surface area contributed by atoms with Crippen LogP contribution in [0.2, 0.25) is 0 Å². The summed E-state index contributed by atoms with van der Waals surface area (Å²) < 4.78 is 44.8. The molecule has 0 aromatic carbocycles. The van der Waals surface area contributed by atoms with Crippen LogP contribution in [0.5, 0.6) is 0 Å². The fourth-order valence-corrected chi connectivity index (χ4v) is 3.69. The summed E-state index contributed by atoms with van der Waals surface area (Å²) in [4.78, 5) is 19.3. The van der Waals surface area contributed by atoms with Crippen molar-refractivity contribution < 1.29 is 17.9 Å². The fraction of sp³-hybridized carbons (Fsp3) is 0.619. The zero-order valence-corrected chi connectivity index (χ0v) is 18.2. The normalized spacial score (nSPS) is 19.4. The van der Waals surface area contributed by atoms with Gasteiger partial charge in [-0.25, -0.2) is 4.98 Å². The van der Waals surface area contributed by atoms with Crippen molar-refractivity contribution in [3.63, 3.8) is 0 Å². The Kier molecular flexibility index (Phi) is 6.75. The van der Waals surface area contributed by atoms with Gasteiger partial charge in [-0.3, -0.25) is 4.90 Å². The van der Waals surface area contributed by atoms with E-state index >= 15 is 0 Å². The molecular formula is C21H28F3N7O. The van der Waals surface area contributed by atoms with Crippen LogP contribution in [-0.2, 0) is 10.9 Å². The lowest BCUT2D eigenvalue weighted by atomic mass is 10.2. The zero-order valence-electron chi connectivity index (χ0n) is 18.2. The summed E-state index contributed by atoms with van der Waals surface area (Å²) in [6.45, 7) is 7.96. The first-order valence-electron chi connectivity index (χ1n) is 10.9. The van der Waals surface area contributed by atoms with Gasteiger partial charge in [0.25, 0.3) is 0 Å². The van der Waals surface area contributed by atoms with Crippen LogP contribution in [0.15, 0.2) is 18.2 Å². The highest BCUT2D eigenvalue weighted by Gasteiger charge is 2.33. The largest absolute Gasteiger partial charge is 0.433 e. The van der Waals surface area contributed by atoms with E-state index in [2.05, 4.69) is 42.4 Å². The molecule has 2 N–H and O–H groups in total. The van der Waals surface area contributed by atoms with Gasteiger partial charge in [0.05, 0.1) is 13.2 Å². The number of aromatic nitrogens is 4. The van der Waals surface area contributed by atoms with E-state index in [1.54, 1.807) is 0 Å². The second-order valence-electron chi connectivity index (χ2n) is 8.44. The van der Waals surface area contributed by atoms with E-state index in [4.69, 9.17) is 4.74 Å². The van der Waals surface area contributed by atoms with Crippen molar-refractivity contribution in [3.8, 4) is 11.5 Å². The molecule has 2 aromatic heterocycles. The van der Waals surface area contributed by atoms with Gasteiger partial charge < -0.3 is 15.4 Å². The molecule has 0 bridgehead atoms. The monoisotopic (exact) mass is 451 g/mol. The average Bonchev–Trinajstić information content (AvgIpc) is 3.59. The van der Waals surface area contributed by atoms with Gasteiger partial charge in [-0.15, -0.1) is 0 Å². The molecule has 8 nitrogen and oxygen atoms in total. The maximum atomic E-state index is 13.2. The second-order valence-corrected chi connectivity index (χ2v) is 8.44. The molecule has 2 aromatic rings. The van der Waals surface area contributed by atoms with Crippen molar-refractivity contribution in [1.82, 2.24) is 24.8 Å². The highest BCUT2D eigenvalue weighted by atomic mass is 19.4. The topological polar surface area (TPSA) is 88.1 Å². The van der Waals surface area contributed by atoms with Gasteiger partial charge in [-0.1, -0.05) is 6.07 Å². The Morgan fingerprint density at radius 3 is 2.38 bits per heavy atom. The third-order valence-electron chi connectivity index (χ3n) is 5.60. The number of morpholine rings is 1. The van der Waals surface area contributed by atoms with E-state index in [1.165, 1.54) is 12.1 Å². The molecule has 4 rings (SSSR count). The number of halogens is 3. The van der Waals surface area contributed by atoms with Crippen LogP contribution in [-0.4, -0.2) is 69.8 Å². The third kappa shape index (κ3) is 6.04. The van der Waals surface area contributed by atoms with Crippen LogP contribution in [0.1, 0.15) is 32.4 Å². The van der Waals surface area contributed by atoms with Gasteiger partial charge in [0, 0.05) is 31.7 Å². The maximum absolute atomic E-state index is 13.2. The lowest BCUT2D eigenvalue weighted by Crippen LogP contribution is -2.42. The minimum atomic E-state index is -4.54. The molecule has 174 valence electrons. The summed E-state index contributed by atoms with van der Waals surface area (Å²) in [6, 6.07) is 3.90. The number of alkyl halides is 3. The highest BCUT2D eigenvalue weighted by Crippen LogP contribution is 2.34. The van der Waals surface area contributed by atoms with Crippen molar-refractivity contribution in [1.29, 1.82) is 0 Å². The highest BCUT2D eigenvalue weighted by molar-refractivity contribution is 5.54. The van der Waals surface area contributed by atoms with Crippen molar-refractivity contribution in [3.05, 3.63) is 23.9 Å². The molecule has 1 saturated heterocycles. The second kappa shape index (κ2) is 9.53. The van der Waals surface area contributed by atoms with Crippen LogP contribution in [0.25, 0.3) is 11.5 Å². The molecule has 2 unspecified atom stereocenters. The van der Waals surface area contributed by atoms with Crippen LogP contribution in [0.3, 0.4) is 0 Å². The predicted molar refractivity (Wildman–Crippen MR) is 114 cm³/mol. The summed E-state index contributed by atoms with van der Waals surface area (Å²) in [5.41, 5.74) is -0.931. The van der Waals surface area contributed by atoms with Gasteiger partial charge in [0.2, 0.25) is 11.9 Å². The van der Waals surface area contributed by atoms with Crippen LogP contribution in [0.4, 0.5) is 25.1 Å². The van der Waals surface area contributed by atoms with Crippen molar-refractivity contribution in [2.24, 2.45) is 5.92 Å².